The first kappa shape index (κ1) is 27.0. The lowest BCUT2D eigenvalue weighted by Crippen LogP contribution is -2.25. The van der Waals surface area contributed by atoms with E-state index in [9.17, 15) is 4.79 Å². The van der Waals surface area contributed by atoms with Crippen molar-refractivity contribution in [2.75, 3.05) is 13.6 Å². The summed E-state index contributed by atoms with van der Waals surface area (Å²) in [6, 6.07) is 9.38. The molecule has 0 aliphatic heterocycles. The number of carbonyl (C=O) groups excluding carboxylic acids is 1. The summed E-state index contributed by atoms with van der Waals surface area (Å²) in [6.07, 6.45) is 23.8. The van der Waals surface area contributed by atoms with Crippen LogP contribution >= 0.6 is 0 Å². The average Bonchev–Trinajstić information content (AvgIpc) is 2.88. The predicted molar refractivity (Wildman–Crippen MR) is 146 cm³/mol. The van der Waals surface area contributed by atoms with Crippen LogP contribution in [-0.2, 0) is 11.2 Å². The molecule has 2 heteroatoms. The molecular weight excluding hydrogens is 414 g/mol. The van der Waals surface area contributed by atoms with Gasteiger partial charge in [0, 0.05) is 13.6 Å². The highest BCUT2D eigenvalue weighted by Crippen LogP contribution is 2.40. The van der Waals surface area contributed by atoms with Gasteiger partial charge in [0.15, 0.2) is 0 Å². The first-order valence-electron chi connectivity index (χ1n) is 14.5. The van der Waals surface area contributed by atoms with Crippen LogP contribution < -0.4 is 0 Å². The minimum absolute atomic E-state index is 0.0103. The van der Waals surface area contributed by atoms with Crippen LogP contribution in [0.25, 0.3) is 0 Å². The quantitative estimate of drug-likeness (QED) is 0.211. The standard InChI is InChI=1S/C32H51NO/c1-4-6-7-9-26-11-13-28(14-12-26)15-16-29-19-23-31(24-20-29)30-21-17-27(18-22-30)10-8-25-33(3)32(34)5-2/h5,17-18,21-22,26,28-29,31H,2,4,6-16,19-20,23-25H2,1,3H3. The van der Waals surface area contributed by atoms with E-state index in [1.165, 1.54) is 102 Å². The van der Waals surface area contributed by atoms with Crippen molar-refractivity contribution in [2.24, 2.45) is 17.8 Å². The zero-order valence-corrected chi connectivity index (χ0v) is 22.3. The van der Waals surface area contributed by atoms with Crippen LogP contribution in [0, 0.1) is 17.8 Å². The molecule has 2 saturated carbocycles. The van der Waals surface area contributed by atoms with Gasteiger partial charge in [-0.2, -0.15) is 0 Å². The third-order valence-corrected chi connectivity index (χ3v) is 8.97. The number of rotatable bonds is 13. The van der Waals surface area contributed by atoms with Gasteiger partial charge in [0.25, 0.3) is 0 Å². The van der Waals surface area contributed by atoms with Crippen molar-refractivity contribution >= 4 is 5.91 Å². The molecule has 2 aliphatic rings. The smallest absolute Gasteiger partial charge is 0.245 e. The summed E-state index contributed by atoms with van der Waals surface area (Å²) in [5, 5.41) is 0. The molecule has 0 bridgehead atoms. The average molecular weight is 466 g/mol. The van der Waals surface area contributed by atoms with Crippen molar-refractivity contribution in [1.82, 2.24) is 4.90 Å². The Kier molecular flexibility index (Phi) is 11.7. The highest BCUT2D eigenvalue weighted by Gasteiger charge is 2.25. The molecule has 1 aromatic rings. The Morgan fingerprint density at radius 1 is 0.853 bits per heavy atom. The largest absolute Gasteiger partial charge is 0.342 e. The van der Waals surface area contributed by atoms with E-state index in [0.717, 1.165) is 43.1 Å². The summed E-state index contributed by atoms with van der Waals surface area (Å²) in [5.74, 6) is 3.83. The molecule has 0 saturated heterocycles. The van der Waals surface area contributed by atoms with Crippen molar-refractivity contribution < 1.29 is 4.79 Å². The van der Waals surface area contributed by atoms with Gasteiger partial charge in [-0.05, 0) is 79.4 Å². The Labute approximate surface area is 210 Å². The maximum atomic E-state index is 11.6. The van der Waals surface area contributed by atoms with Crippen molar-refractivity contribution in [2.45, 2.75) is 116 Å². The predicted octanol–water partition coefficient (Wildman–Crippen LogP) is 8.70. The highest BCUT2D eigenvalue weighted by molar-refractivity contribution is 5.86. The molecule has 0 aromatic heterocycles. The van der Waals surface area contributed by atoms with Crippen LogP contribution in [0.1, 0.15) is 120 Å². The van der Waals surface area contributed by atoms with Crippen molar-refractivity contribution in [3.05, 3.63) is 48.0 Å². The molecule has 0 unspecified atom stereocenters. The molecule has 2 aliphatic carbocycles. The molecule has 0 spiro atoms. The van der Waals surface area contributed by atoms with E-state index < -0.39 is 0 Å². The number of hydrogen-bond donors (Lipinski definition) is 0. The van der Waals surface area contributed by atoms with E-state index in [4.69, 9.17) is 0 Å². The van der Waals surface area contributed by atoms with Gasteiger partial charge in [-0.15, -0.1) is 0 Å². The normalized spacial score (nSPS) is 25.1. The maximum absolute atomic E-state index is 11.6. The molecular formula is C32H51NO. The van der Waals surface area contributed by atoms with E-state index in [0.29, 0.717) is 0 Å². The fourth-order valence-corrected chi connectivity index (χ4v) is 6.49. The van der Waals surface area contributed by atoms with E-state index in [1.807, 2.05) is 7.05 Å². The minimum atomic E-state index is 0.0103. The van der Waals surface area contributed by atoms with Gasteiger partial charge in [0.2, 0.25) is 5.91 Å². The lowest BCUT2D eigenvalue weighted by Gasteiger charge is -2.32. The molecule has 2 fully saturated rings. The third-order valence-electron chi connectivity index (χ3n) is 8.97. The SMILES string of the molecule is C=CC(=O)N(C)CCCc1ccc(C2CCC(CCC3CCC(CCCCC)CC3)CC2)cc1. The number of aryl methyl sites for hydroxylation is 1. The van der Waals surface area contributed by atoms with Gasteiger partial charge < -0.3 is 4.90 Å². The zero-order valence-electron chi connectivity index (χ0n) is 22.3. The lowest BCUT2D eigenvalue weighted by molar-refractivity contribution is -0.124. The third kappa shape index (κ3) is 8.90. The summed E-state index contributed by atoms with van der Waals surface area (Å²) < 4.78 is 0. The van der Waals surface area contributed by atoms with Crippen LogP contribution in [-0.4, -0.2) is 24.4 Å². The molecule has 34 heavy (non-hydrogen) atoms. The fourth-order valence-electron chi connectivity index (χ4n) is 6.49. The first-order valence-corrected chi connectivity index (χ1v) is 14.5. The lowest BCUT2D eigenvalue weighted by atomic mass is 9.74. The maximum Gasteiger partial charge on any atom is 0.245 e. The van der Waals surface area contributed by atoms with Crippen molar-refractivity contribution in [1.29, 1.82) is 0 Å². The molecule has 0 atom stereocenters. The van der Waals surface area contributed by atoms with Crippen LogP contribution in [0.5, 0.6) is 0 Å². The highest BCUT2D eigenvalue weighted by atomic mass is 16.2. The Balaban J connectivity index is 1.30. The molecule has 0 radical (unpaired) electrons. The Hall–Kier alpha value is -1.57. The van der Waals surface area contributed by atoms with Gasteiger partial charge in [-0.25, -0.2) is 0 Å². The number of likely N-dealkylation sites (N-methyl/N-ethyl adjacent to an activating group) is 1. The van der Waals surface area contributed by atoms with E-state index in [-0.39, 0.29) is 5.91 Å². The summed E-state index contributed by atoms with van der Waals surface area (Å²) in [4.78, 5) is 13.3. The second kappa shape index (κ2) is 14.7. The van der Waals surface area contributed by atoms with E-state index >= 15 is 0 Å². The molecule has 0 N–H and O–H groups in total. The number of unbranched alkanes of at least 4 members (excludes halogenated alkanes) is 2. The number of amides is 1. The fraction of sp³-hybridized carbons (Fsp3) is 0.719. The Morgan fingerprint density at radius 3 is 1.97 bits per heavy atom. The molecule has 1 aromatic carbocycles. The first-order chi connectivity index (χ1) is 16.6. The molecule has 190 valence electrons. The molecule has 2 nitrogen and oxygen atoms in total. The number of benzene rings is 1. The monoisotopic (exact) mass is 465 g/mol. The van der Waals surface area contributed by atoms with Crippen LogP contribution in [0.4, 0.5) is 0 Å². The van der Waals surface area contributed by atoms with Crippen molar-refractivity contribution in [3.8, 4) is 0 Å². The Bertz CT molecular complexity index is 707. The summed E-state index contributed by atoms with van der Waals surface area (Å²) in [7, 11) is 1.85. The van der Waals surface area contributed by atoms with Gasteiger partial charge >= 0.3 is 0 Å². The van der Waals surface area contributed by atoms with Gasteiger partial charge in [0.05, 0.1) is 0 Å². The number of hydrogen-bond acceptors (Lipinski definition) is 1. The topological polar surface area (TPSA) is 20.3 Å². The second-order valence-electron chi connectivity index (χ2n) is 11.5. The molecule has 3 rings (SSSR count). The number of carbonyl (C=O) groups is 1. The summed E-state index contributed by atoms with van der Waals surface area (Å²) in [6.45, 7) is 6.67. The summed E-state index contributed by atoms with van der Waals surface area (Å²) in [5.41, 5.74) is 2.93. The van der Waals surface area contributed by atoms with Gasteiger partial charge in [0.1, 0.15) is 0 Å². The molecule has 0 heterocycles. The second-order valence-corrected chi connectivity index (χ2v) is 11.5. The minimum Gasteiger partial charge on any atom is -0.342 e. The molecule has 1 amide bonds. The van der Waals surface area contributed by atoms with Crippen LogP contribution in [0.2, 0.25) is 0 Å². The van der Waals surface area contributed by atoms with Gasteiger partial charge in [-0.1, -0.05) is 102 Å². The van der Waals surface area contributed by atoms with Crippen LogP contribution in [0.3, 0.4) is 0 Å². The zero-order chi connectivity index (χ0) is 24.2. The Morgan fingerprint density at radius 2 is 1.41 bits per heavy atom. The van der Waals surface area contributed by atoms with Crippen LogP contribution in [0.15, 0.2) is 36.9 Å². The number of nitrogens with zero attached hydrogens (tertiary/aromatic N) is 1. The van der Waals surface area contributed by atoms with E-state index in [1.54, 1.807) is 10.5 Å². The van der Waals surface area contributed by atoms with Gasteiger partial charge in [-0.3, -0.25) is 4.79 Å². The van der Waals surface area contributed by atoms with E-state index in [2.05, 4.69) is 37.8 Å². The van der Waals surface area contributed by atoms with Crippen molar-refractivity contribution in [3.63, 3.8) is 0 Å². The summed E-state index contributed by atoms with van der Waals surface area (Å²) >= 11 is 0.